The number of rotatable bonds is 2. The molecule has 2 aromatic rings. The number of hydrogen-bond donors (Lipinski definition) is 4. The average Bonchev–Trinajstić information content (AvgIpc) is 3.13. The maximum atomic E-state index is 13.0. The van der Waals surface area contributed by atoms with Gasteiger partial charge in [-0.3, -0.25) is 9.79 Å². The number of aliphatic hydroxyl groups is 1. The number of benzene rings is 2. The molecule has 2 aromatic carbocycles. The van der Waals surface area contributed by atoms with E-state index in [4.69, 9.17) is 11.5 Å². The van der Waals surface area contributed by atoms with Gasteiger partial charge in [0.2, 0.25) is 5.78 Å². The fourth-order valence-electron chi connectivity index (χ4n) is 4.61. The van der Waals surface area contributed by atoms with E-state index in [1.165, 1.54) is 0 Å². The van der Waals surface area contributed by atoms with Crippen molar-refractivity contribution in [1.82, 2.24) is 0 Å². The molecule has 0 unspecified atom stereocenters. The van der Waals surface area contributed by atoms with Crippen LogP contribution in [-0.4, -0.2) is 16.6 Å². The summed E-state index contributed by atoms with van der Waals surface area (Å²) in [7, 11) is 0. The molecule has 6 N–H and O–H groups in total. The van der Waals surface area contributed by atoms with Gasteiger partial charge in [-0.15, -0.1) is 0 Å². The summed E-state index contributed by atoms with van der Waals surface area (Å²) in [6, 6.07) is 11.3. The first-order chi connectivity index (χ1) is 15.0. The van der Waals surface area contributed by atoms with E-state index in [0.717, 1.165) is 33.9 Å². The summed E-state index contributed by atoms with van der Waals surface area (Å²) in [5.74, 6) is -0.207. The SMILES string of the molecule is CC1(C)C(/C=C2\C(=O)C(/C=C3\Nc4ccc(N)cc4C3(C)C)=C2O)=Nc2ccc(N)cc21. The minimum Gasteiger partial charge on any atom is -0.506 e. The van der Waals surface area contributed by atoms with Crippen LogP contribution in [0.2, 0.25) is 0 Å². The van der Waals surface area contributed by atoms with Crippen LogP contribution in [0.15, 0.2) is 76.1 Å². The molecule has 2 aliphatic heterocycles. The minimum absolute atomic E-state index is 0.00969. The number of carbonyl (C=O) groups is 1. The van der Waals surface area contributed by atoms with Crippen LogP contribution in [0.4, 0.5) is 22.7 Å². The number of ketones is 1. The van der Waals surface area contributed by atoms with Crippen LogP contribution in [0, 0.1) is 0 Å². The fraction of sp³-hybridized carbons (Fsp3) is 0.231. The molecule has 32 heavy (non-hydrogen) atoms. The van der Waals surface area contributed by atoms with Crippen molar-refractivity contribution in [3.05, 3.63) is 82.3 Å². The van der Waals surface area contributed by atoms with Gasteiger partial charge in [0.25, 0.3) is 0 Å². The van der Waals surface area contributed by atoms with Gasteiger partial charge in [0.1, 0.15) is 5.76 Å². The number of nitrogens with zero attached hydrogens (tertiary/aromatic N) is 1. The Morgan fingerprint density at radius 3 is 2.28 bits per heavy atom. The van der Waals surface area contributed by atoms with Crippen molar-refractivity contribution in [3.8, 4) is 0 Å². The van der Waals surface area contributed by atoms with Crippen LogP contribution in [0.3, 0.4) is 0 Å². The number of nitrogen functional groups attached to an aromatic ring is 2. The molecular formula is C26H26N4O2. The molecule has 0 amide bonds. The van der Waals surface area contributed by atoms with Crippen molar-refractivity contribution in [1.29, 1.82) is 0 Å². The molecular weight excluding hydrogens is 400 g/mol. The Morgan fingerprint density at radius 1 is 0.938 bits per heavy atom. The monoisotopic (exact) mass is 426 g/mol. The van der Waals surface area contributed by atoms with Crippen LogP contribution < -0.4 is 16.8 Å². The second-order valence-electron chi connectivity index (χ2n) is 9.66. The van der Waals surface area contributed by atoms with Gasteiger partial charge in [0.15, 0.2) is 0 Å². The number of Topliss-reactive ketones (excluding diaryl/α,β-unsaturated/α-hetero) is 1. The number of allylic oxidation sites excluding steroid dienone is 5. The van der Waals surface area contributed by atoms with E-state index in [-0.39, 0.29) is 22.5 Å². The van der Waals surface area contributed by atoms with Gasteiger partial charge in [-0.25, -0.2) is 0 Å². The van der Waals surface area contributed by atoms with E-state index in [1.54, 1.807) is 12.2 Å². The quantitative estimate of drug-likeness (QED) is 0.406. The Morgan fingerprint density at radius 2 is 1.59 bits per heavy atom. The van der Waals surface area contributed by atoms with Crippen LogP contribution >= 0.6 is 0 Å². The third kappa shape index (κ3) is 2.72. The zero-order valence-electron chi connectivity index (χ0n) is 18.6. The molecule has 162 valence electrons. The lowest BCUT2D eigenvalue weighted by molar-refractivity contribution is -0.113. The van der Waals surface area contributed by atoms with E-state index in [2.05, 4.69) is 24.2 Å². The van der Waals surface area contributed by atoms with Gasteiger partial charge in [0.05, 0.1) is 22.5 Å². The molecule has 0 saturated heterocycles. The first-order valence-electron chi connectivity index (χ1n) is 10.6. The second kappa shape index (κ2) is 6.36. The van der Waals surface area contributed by atoms with Crippen molar-refractivity contribution in [2.45, 2.75) is 38.5 Å². The Labute approximate surface area is 187 Å². The highest BCUT2D eigenvalue weighted by atomic mass is 16.3. The lowest BCUT2D eigenvalue weighted by atomic mass is 9.77. The Hall–Kier alpha value is -3.80. The van der Waals surface area contributed by atoms with Crippen LogP contribution in [-0.2, 0) is 15.6 Å². The highest BCUT2D eigenvalue weighted by Gasteiger charge is 2.40. The smallest absolute Gasteiger partial charge is 0.200 e. The standard InChI is InChI=1S/C26H26N4O2/c1-25(2)17-9-13(27)5-7-19(17)29-21(25)11-15-23(31)16(24(15)32)12-22-26(3,4)18-10-14(28)6-8-20(18)30-22/h5-12,29,31H,27-28H2,1-4H3/b16-12-,21-11-. The Kier molecular flexibility index (Phi) is 4.00. The van der Waals surface area contributed by atoms with Crippen molar-refractivity contribution >= 4 is 34.2 Å². The number of nitrogens with one attached hydrogen (secondary N) is 1. The van der Waals surface area contributed by atoms with Gasteiger partial charge >= 0.3 is 0 Å². The molecule has 0 aromatic heterocycles. The van der Waals surface area contributed by atoms with Crippen molar-refractivity contribution < 1.29 is 9.90 Å². The number of aliphatic hydroxyl groups excluding tert-OH is 1. The molecule has 0 bridgehead atoms. The minimum atomic E-state index is -0.414. The first kappa shape index (κ1) is 20.1. The summed E-state index contributed by atoms with van der Waals surface area (Å²) in [6.07, 6.45) is 3.43. The summed E-state index contributed by atoms with van der Waals surface area (Å²) in [5, 5.41) is 14.1. The largest absolute Gasteiger partial charge is 0.506 e. The predicted molar refractivity (Wildman–Crippen MR) is 129 cm³/mol. The molecule has 1 aliphatic carbocycles. The molecule has 0 saturated carbocycles. The van der Waals surface area contributed by atoms with Crippen LogP contribution in [0.1, 0.15) is 38.8 Å². The van der Waals surface area contributed by atoms with Crippen molar-refractivity contribution in [2.24, 2.45) is 4.99 Å². The molecule has 6 nitrogen and oxygen atoms in total. The number of aliphatic imine (C=N–C) groups is 1. The Balaban J connectivity index is 1.49. The van der Waals surface area contributed by atoms with E-state index in [9.17, 15) is 9.90 Å². The summed E-state index contributed by atoms with van der Waals surface area (Å²) in [5.41, 5.74) is 18.5. The average molecular weight is 427 g/mol. The maximum absolute atomic E-state index is 13.0. The third-order valence-corrected chi connectivity index (χ3v) is 6.80. The maximum Gasteiger partial charge on any atom is 0.200 e. The molecule has 0 atom stereocenters. The molecule has 0 radical (unpaired) electrons. The summed E-state index contributed by atoms with van der Waals surface area (Å²) in [4.78, 5) is 17.7. The number of carbonyl (C=O) groups excluding carboxylic acids is 1. The van der Waals surface area contributed by atoms with Gasteiger partial charge in [-0.1, -0.05) is 27.7 Å². The normalized spacial score (nSPS) is 22.5. The zero-order chi connectivity index (χ0) is 23.0. The van der Waals surface area contributed by atoms with E-state index in [0.29, 0.717) is 16.9 Å². The lowest BCUT2D eigenvalue weighted by Crippen LogP contribution is -2.28. The summed E-state index contributed by atoms with van der Waals surface area (Å²) >= 11 is 0. The lowest BCUT2D eigenvalue weighted by Gasteiger charge is -2.25. The number of hydrogen-bond acceptors (Lipinski definition) is 6. The van der Waals surface area contributed by atoms with E-state index in [1.807, 2.05) is 50.2 Å². The van der Waals surface area contributed by atoms with Gasteiger partial charge in [-0.2, -0.15) is 0 Å². The second-order valence-corrected chi connectivity index (χ2v) is 9.66. The Bertz CT molecular complexity index is 1340. The van der Waals surface area contributed by atoms with E-state index >= 15 is 0 Å². The zero-order valence-corrected chi connectivity index (χ0v) is 18.6. The predicted octanol–water partition coefficient (Wildman–Crippen LogP) is 4.82. The van der Waals surface area contributed by atoms with Crippen molar-refractivity contribution in [2.75, 3.05) is 16.8 Å². The van der Waals surface area contributed by atoms with Gasteiger partial charge < -0.3 is 21.9 Å². The summed E-state index contributed by atoms with van der Waals surface area (Å²) < 4.78 is 0. The number of nitrogens with two attached hydrogens (primary N) is 2. The van der Waals surface area contributed by atoms with Gasteiger partial charge in [-0.05, 0) is 59.7 Å². The summed E-state index contributed by atoms with van der Waals surface area (Å²) in [6.45, 7) is 8.20. The van der Waals surface area contributed by atoms with Crippen LogP contribution in [0.25, 0.3) is 0 Å². The third-order valence-electron chi connectivity index (χ3n) is 6.80. The van der Waals surface area contributed by atoms with Gasteiger partial charge in [0, 0.05) is 33.6 Å². The van der Waals surface area contributed by atoms with Crippen molar-refractivity contribution in [3.63, 3.8) is 0 Å². The molecule has 6 heteroatoms. The topological polar surface area (TPSA) is 114 Å². The molecule has 0 fully saturated rings. The van der Waals surface area contributed by atoms with Crippen LogP contribution in [0.5, 0.6) is 0 Å². The highest BCUT2D eigenvalue weighted by Crippen LogP contribution is 2.46. The van der Waals surface area contributed by atoms with E-state index < -0.39 is 5.41 Å². The fourth-order valence-corrected chi connectivity index (χ4v) is 4.61. The molecule has 2 heterocycles. The molecule has 0 spiro atoms. The highest BCUT2D eigenvalue weighted by molar-refractivity contribution is 6.25. The first-order valence-corrected chi connectivity index (χ1v) is 10.6. The molecule has 3 aliphatic rings. The number of fused-ring (bicyclic) bond motifs is 2. The molecule has 5 rings (SSSR count). The number of anilines is 3.